The van der Waals surface area contributed by atoms with Crippen molar-refractivity contribution >= 4 is 29.2 Å². The lowest BCUT2D eigenvalue weighted by atomic mass is 9.81. The van der Waals surface area contributed by atoms with Crippen molar-refractivity contribution in [2.75, 3.05) is 26.8 Å². The van der Waals surface area contributed by atoms with E-state index in [1.54, 1.807) is 11.3 Å². The minimum absolute atomic E-state index is 0.228. The van der Waals surface area contributed by atoms with E-state index in [9.17, 15) is 4.79 Å². The molecule has 1 aromatic rings. The van der Waals surface area contributed by atoms with E-state index in [1.807, 2.05) is 19.2 Å². The van der Waals surface area contributed by atoms with Crippen LogP contribution in [0.4, 0.5) is 0 Å². The van der Waals surface area contributed by atoms with Crippen LogP contribution in [0.3, 0.4) is 0 Å². The zero-order valence-corrected chi connectivity index (χ0v) is 12.1. The molecule has 0 unspecified atom stereocenters. The number of carbonyl (C=O) groups excluding carboxylic acids is 1. The quantitative estimate of drug-likeness (QED) is 0.780. The Morgan fingerprint density at radius 2 is 2.22 bits per heavy atom. The van der Waals surface area contributed by atoms with Gasteiger partial charge in [0.05, 0.1) is 4.34 Å². The molecule has 5 heteroatoms. The first kappa shape index (κ1) is 14.0. The Hall–Kier alpha value is -0.420. The van der Waals surface area contributed by atoms with Crippen LogP contribution < -0.4 is 0 Å². The second kappa shape index (κ2) is 6.15. The Balaban J connectivity index is 1.92. The second-order valence-electron chi connectivity index (χ2n) is 4.97. The van der Waals surface area contributed by atoms with Gasteiger partial charge in [-0.15, -0.1) is 11.3 Å². The highest BCUT2D eigenvalue weighted by Crippen LogP contribution is 2.30. The van der Waals surface area contributed by atoms with Gasteiger partial charge in [-0.3, -0.25) is 0 Å². The molecule has 1 saturated heterocycles. The zero-order chi connectivity index (χ0) is 13.0. The molecule has 0 aliphatic carbocycles. The molecule has 1 fully saturated rings. The van der Waals surface area contributed by atoms with Crippen molar-refractivity contribution in [1.82, 2.24) is 4.90 Å². The first-order valence-corrected chi connectivity index (χ1v) is 7.30. The van der Waals surface area contributed by atoms with Crippen molar-refractivity contribution in [2.45, 2.75) is 19.4 Å². The van der Waals surface area contributed by atoms with Crippen LogP contribution in [-0.4, -0.2) is 38.0 Å². The normalized spacial score (nSPS) is 19.1. The van der Waals surface area contributed by atoms with Gasteiger partial charge in [0.1, 0.15) is 6.29 Å². The standard InChI is InChI=1S/C13H18ClNO2S/c1-15(8-11-2-3-12(14)18-11)9-13(10-16)4-6-17-7-5-13/h2-3,10H,4-9H2,1H3. The van der Waals surface area contributed by atoms with Gasteiger partial charge in [-0.05, 0) is 32.0 Å². The van der Waals surface area contributed by atoms with Gasteiger partial charge in [0.2, 0.25) is 0 Å². The zero-order valence-electron chi connectivity index (χ0n) is 10.5. The van der Waals surface area contributed by atoms with Gasteiger partial charge in [-0.2, -0.15) is 0 Å². The number of halogens is 1. The molecule has 0 bridgehead atoms. The Morgan fingerprint density at radius 1 is 1.50 bits per heavy atom. The molecule has 0 N–H and O–H groups in total. The fourth-order valence-corrected chi connectivity index (χ4v) is 3.56. The van der Waals surface area contributed by atoms with E-state index in [4.69, 9.17) is 16.3 Å². The highest BCUT2D eigenvalue weighted by Gasteiger charge is 2.33. The Morgan fingerprint density at radius 3 is 2.78 bits per heavy atom. The predicted octanol–water partition coefficient (Wildman–Crippen LogP) is 2.83. The molecule has 2 rings (SSSR count). The van der Waals surface area contributed by atoms with Crippen LogP contribution in [0.1, 0.15) is 17.7 Å². The minimum atomic E-state index is -0.228. The number of hydrogen-bond acceptors (Lipinski definition) is 4. The Kier molecular flexibility index (Phi) is 4.78. The summed E-state index contributed by atoms with van der Waals surface area (Å²) in [5.74, 6) is 0. The third-order valence-electron chi connectivity index (χ3n) is 3.38. The number of rotatable bonds is 5. The van der Waals surface area contributed by atoms with E-state index in [-0.39, 0.29) is 5.41 Å². The monoisotopic (exact) mass is 287 g/mol. The first-order chi connectivity index (χ1) is 8.63. The van der Waals surface area contributed by atoms with Crippen molar-refractivity contribution in [3.05, 3.63) is 21.3 Å². The number of hydrogen-bond donors (Lipinski definition) is 0. The summed E-state index contributed by atoms with van der Waals surface area (Å²) in [5, 5.41) is 0. The lowest BCUT2D eigenvalue weighted by Gasteiger charge is -2.35. The molecular weight excluding hydrogens is 270 g/mol. The summed E-state index contributed by atoms with van der Waals surface area (Å²) < 4.78 is 6.15. The molecule has 0 atom stereocenters. The Bertz CT molecular complexity index is 401. The molecule has 0 aromatic carbocycles. The average molecular weight is 288 g/mol. The van der Waals surface area contributed by atoms with Crippen molar-refractivity contribution in [2.24, 2.45) is 5.41 Å². The number of aldehydes is 1. The van der Waals surface area contributed by atoms with E-state index in [0.29, 0.717) is 13.2 Å². The molecule has 1 aliphatic heterocycles. The summed E-state index contributed by atoms with van der Waals surface area (Å²) in [4.78, 5) is 14.8. The van der Waals surface area contributed by atoms with Gasteiger partial charge in [-0.25, -0.2) is 0 Å². The highest BCUT2D eigenvalue weighted by atomic mass is 35.5. The van der Waals surface area contributed by atoms with E-state index in [0.717, 1.165) is 36.6 Å². The molecule has 3 nitrogen and oxygen atoms in total. The van der Waals surface area contributed by atoms with Gasteiger partial charge in [-0.1, -0.05) is 11.6 Å². The van der Waals surface area contributed by atoms with Gasteiger partial charge < -0.3 is 14.4 Å². The van der Waals surface area contributed by atoms with E-state index < -0.39 is 0 Å². The summed E-state index contributed by atoms with van der Waals surface area (Å²) in [6.07, 6.45) is 2.77. The molecule has 0 amide bonds. The summed E-state index contributed by atoms with van der Waals surface area (Å²) in [5.41, 5.74) is -0.228. The van der Waals surface area contributed by atoms with Gasteiger partial charge in [0, 0.05) is 36.6 Å². The van der Waals surface area contributed by atoms with Crippen LogP contribution in [-0.2, 0) is 16.1 Å². The maximum absolute atomic E-state index is 11.4. The topological polar surface area (TPSA) is 29.5 Å². The van der Waals surface area contributed by atoms with Crippen LogP contribution in [0.2, 0.25) is 4.34 Å². The van der Waals surface area contributed by atoms with Crippen molar-refractivity contribution in [3.8, 4) is 0 Å². The maximum atomic E-state index is 11.4. The lowest BCUT2D eigenvalue weighted by molar-refractivity contribution is -0.122. The number of ether oxygens (including phenoxy) is 1. The number of nitrogens with zero attached hydrogens (tertiary/aromatic N) is 1. The number of thiophene rings is 1. The Labute approximate surface area is 117 Å². The minimum Gasteiger partial charge on any atom is -0.381 e. The molecule has 18 heavy (non-hydrogen) atoms. The molecule has 2 heterocycles. The average Bonchev–Trinajstić information content (AvgIpc) is 2.75. The molecular formula is C13H18ClNO2S. The fourth-order valence-electron chi connectivity index (χ4n) is 2.39. The highest BCUT2D eigenvalue weighted by molar-refractivity contribution is 7.16. The van der Waals surface area contributed by atoms with Crippen molar-refractivity contribution < 1.29 is 9.53 Å². The van der Waals surface area contributed by atoms with Crippen LogP contribution in [0.15, 0.2) is 12.1 Å². The van der Waals surface area contributed by atoms with Gasteiger partial charge >= 0.3 is 0 Å². The molecule has 0 spiro atoms. The molecule has 100 valence electrons. The van der Waals surface area contributed by atoms with Gasteiger partial charge in [0.15, 0.2) is 0 Å². The van der Waals surface area contributed by atoms with Crippen LogP contribution in [0.5, 0.6) is 0 Å². The van der Waals surface area contributed by atoms with Gasteiger partial charge in [0.25, 0.3) is 0 Å². The molecule has 0 radical (unpaired) electrons. The van der Waals surface area contributed by atoms with Crippen LogP contribution >= 0.6 is 22.9 Å². The third-order valence-corrected chi connectivity index (χ3v) is 4.59. The van der Waals surface area contributed by atoms with Crippen LogP contribution in [0.25, 0.3) is 0 Å². The molecule has 0 saturated carbocycles. The predicted molar refractivity (Wildman–Crippen MR) is 74.2 cm³/mol. The smallest absolute Gasteiger partial charge is 0.127 e. The first-order valence-electron chi connectivity index (χ1n) is 6.10. The van der Waals surface area contributed by atoms with E-state index in [1.165, 1.54) is 4.88 Å². The fraction of sp³-hybridized carbons (Fsp3) is 0.615. The second-order valence-corrected chi connectivity index (χ2v) is 6.77. The summed E-state index contributed by atoms with van der Waals surface area (Å²) in [6, 6.07) is 3.96. The SMILES string of the molecule is CN(Cc1ccc(Cl)s1)CC1(C=O)CCOCC1. The third kappa shape index (κ3) is 3.54. The van der Waals surface area contributed by atoms with Crippen LogP contribution in [0, 0.1) is 5.41 Å². The molecule has 1 aliphatic rings. The number of carbonyl (C=O) groups is 1. The van der Waals surface area contributed by atoms with Crippen molar-refractivity contribution in [3.63, 3.8) is 0 Å². The van der Waals surface area contributed by atoms with E-state index in [2.05, 4.69) is 4.90 Å². The molecule has 1 aromatic heterocycles. The summed E-state index contributed by atoms with van der Waals surface area (Å²) in [7, 11) is 2.05. The largest absolute Gasteiger partial charge is 0.381 e. The van der Waals surface area contributed by atoms with Crippen molar-refractivity contribution in [1.29, 1.82) is 0 Å². The maximum Gasteiger partial charge on any atom is 0.127 e. The summed E-state index contributed by atoms with van der Waals surface area (Å²) in [6.45, 7) is 3.01. The van der Waals surface area contributed by atoms with E-state index >= 15 is 0 Å². The summed E-state index contributed by atoms with van der Waals surface area (Å²) >= 11 is 7.51. The lowest BCUT2D eigenvalue weighted by Crippen LogP contribution is -2.40.